The molecule has 1 amide bonds. The lowest BCUT2D eigenvalue weighted by Crippen LogP contribution is -2.43. The molecule has 1 aliphatic carbocycles. The van der Waals surface area contributed by atoms with Crippen LogP contribution in [0.4, 0.5) is 0 Å². The molecule has 0 spiro atoms. The van der Waals surface area contributed by atoms with Crippen LogP contribution in [-0.2, 0) is 4.79 Å². The van der Waals surface area contributed by atoms with E-state index in [0.29, 0.717) is 11.8 Å². The number of piperidine rings is 1. The van der Waals surface area contributed by atoms with Crippen LogP contribution < -0.4 is 10.6 Å². The van der Waals surface area contributed by atoms with Gasteiger partial charge in [0.25, 0.3) is 0 Å². The van der Waals surface area contributed by atoms with E-state index < -0.39 is 0 Å². The van der Waals surface area contributed by atoms with Gasteiger partial charge >= 0.3 is 0 Å². The Balaban J connectivity index is 1.79. The van der Waals surface area contributed by atoms with Crippen LogP contribution in [0.3, 0.4) is 0 Å². The molecule has 0 bridgehead atoms. The Morgan fingerprint density at radius 1 is 1.35 bits per heavy atom. The second kappa shape index (κ2) is 5.85. The Hall–Kier alpha value is -0.570. The van der Waals surface area contributed by atoms with Crippen molar-refractivity contribution in [2.24, 2.45) is 11.3 Å². The number of carbonyl (C=O) groups is 1. The molecule has 2 aliphatic rings. The molecule has 1 saturated heterocycles. The van der Waals surface area contributed by atoms with Crippen molar-refractivity contribution in [3.63, 3.8) is 0 Å². The molecule has 2 fully saturated rings. The van der Waals surface area contributed by atoms with Crippen molar-refractivity contribution in [2.45, 2.75) is 51.9 Å². The van der Waals surface area contributed by atoms with Gasteiger partial charge in [-0.25, -0.2) is 0 Å². The quantitative estimate of drug-likeness (QED) is 0.787. The average Bonchev–Trinajstić information content (AvgIpc) is 2.87. The van der Waals surface area contributed by atoms with Gasteiger partial charge in [0.15, 0.2) is 0 Å². The Bertz CT molecular complexity index is 253. The second-order valence-electron chi connectivity index (χ2n) is 5.76. The second-order valence-corrected chi connectivity index (χ2v) is 5.76. The van der Waals surface area contributed by atoms with E-state index in [1.807, 2.05) is 0 Å². The van der Waals surface area contributed by atoms with Crippen LogP contribution >= 0.6 is 0 Å². The third kappa shape index (κ3) is 3.01. The summed E-state index contributed by atoms with van der Waals surface area (Å²) in [6, 6.07) is 0. The molecule has 0 aromatic rings. The fraction of sp³-hybridized carbons (Fsp3) is 0.929. The van der Waals surface area contributed by atoms with Crippen LogP contribution in [0.2, 0.25) is 0 Å². The lowest BCUT2D eigenvalue weighted by molar-refractivity contribution is -0.131. The van der Waals surface area contributed by atoms with Gasteiger partial charge in [-0.2, -0.15) is 0 Å². The minimum absolute atomic E-state index is 0.0257. The maximum atomic E-state index is 12.3. The standard InChI is InChI=1S/C14H26N2O/c1-2-14(7-3-4-8-14)13(17)16-11-12-6-5-9-15-10-12/h12,15H,2-11H2,1H3,(H,16,17)/t12-/m0/s1. The van der Waals surface area contributed by atoms with Gasteiger partial charge in [-0.05, 0) is 51.1 Å². The molecule has 3 nitrogen and oxygen atoms in total. The average molecular weight is 238 g/mol. The fourth-order valence-corrected chi connectivity index (χ4v) is 3.32. The minimum atomic E-state index is -0.0257. The topological polar surface area (TPSA) is 41.1 Å². The maximum absolute atomic E-state index is 12.3. The molecular weight excluding hydrogens is 212 g/mol. The molecule has 1 atom stereocenters. The molecule has 98 valence electrons. The number of hydrogen-bond donors (Lipinski definition) is 2. The van der Waals surface area contributed by atoms with E-state index in [1.165, 1.54) is 25.7 Å². The Labute approximate surface area is 105 Å². The van der Waals surface area contributed by atoms with Gasteiger partial charge in [0.05, 0.1) is 0 Å². The minimum Gasteiger partial charge on any atom is -0.355 e. The zero-order chi connectivity index (χ0) is 12.1. The summed E-state index contributed by atoms with van der Waals surface area (Å²) in [4.78, 5) is 12.3. The number of hydrogen-bond acceptors (Lipinski definition) is 2. The lowest BCUT2D eigenvalue weighted by Gasteiger charge is -2.28. The molecule has 1 aliphatic heterocycles. The van der Waals surface area contributed by atoms with Crippen LogP contribution in [-0.4, -0.2) is 25.5 Å². The first-order valence-corrected chi connectivity index (χ1v) is 7.26. The predicted octanol–water partition coefficient (Wildman–Crippen LogP) is 2.07. The van der Waals surface area contributed by atoms with Crippen molar-refractivity contribution in [1.82, 2.24) is 10.6 Å². The third-order valence-corrected chi connectivity index (χ3v) is 4.67. The van der Waals surface area contributed by atoms with Gasteiger partial charge in [0, 0.05) is 12.0 Å². The molecule has 3 heteroatoms. The third-order valence-electron chi connectivity index (χ3n) is 4.67. The first kappa shape index (κ1) is 12.9. The van der Waals surface area contributed by atoms with Crippen molar-refractivity contribution >= 4 is 5.91 Å². The monoisotopic (exact) mass is 238 g/mol. The van der Waals surface area contributed by atoms with E-state index in [-0.39, 0.29) is 5.41 Å². The highest BCUT2D eigenvalue weighted by atomic mass is 16.2. The van der Waals surface area contributed by atoms with E-state index in [0.717, 1.165) is 38.9 Å². The van der Waals surface area contributed by atoms with E-state index >= 15 is 0 Å². The highest BCUT2D eigenvalue weighted by molar-refractivity contribution is 5.82. The van der Waals surface area contributed by atoms with Crippen molar-refractivity contribution in [1.29, 1.82) is 0 Å². The van der Waals surface area contributed by atoms with Crippen LogP contribution in [0.25, 0.3) is 0 Å². The summed E-state index contributed by atoms with van der Waals surface area (Å²) in [6.07, 6.45) is 8.16. The van der Waals surface area contributed by atoms with Crippen molar-refractivity contribution < 1.29 is 4.79 Å². The van der Waals surface area contributed by atoms with Gasteiger partial charge in [0.2, 0.25) is 5.91 Å². The summed E-state index contributed by atoms with van der Waals surface area (Å²) >= 11 is 0. The highest BCUT2D eigenvalue weighted by Gasteiger charge is 2.39. The zero-order valence-electron chi connectivity index (χ0n) is 11.1. The summed E-state index contributed by atoms with van der Waals surface area (Å²) in [6.45, 7) is 5.24. The van der Waals surface area contributed by atoms with Gasteiger partial charge in [-0.3, -0.25) is 4.79 Å². The van der Waals surface area contributed by atoms with Crippen molar-refractivity contribution in [3.05, 3.63) is 0 Å². The van der Waals surface area contributed by atoms with E-state index in [2.05, 4.69) is 17.6 Å². The normalized spacial score (nSPS) is 27.9. The number of rotatable bonds is 4. The smallest absolute Gasteiger partial charge is 0.226 e. The number of nitrogens with one attached hydrogen (secondary N) is 2. The van der Waals surface area contributed by atoms with Crippen LogP contribution in [0.1, 0.15) is 51.9 Å². The molecule has 1 heterocycles. The predicted molar refractivity (Wildman–Crippen MR) is 69.8 cm³/mol. The van der Waals surface area contributed by atoms with Gasteiger partial charge in [-0.1, -0.05) is 19.8 Å². The summed E-state index contributed by atoms with van der Waals surface area (Å²) < 4.78 is 0. The van der Waals surface area contributed by atoms with Crippen LogP contribution in [0.15, 0.2) is 0 Å². The maximum Gasteiger partial charge on any atom is 0.226 e. The number of amides is 1. The highest BCUT2D eigenvalue weighted by Crippen LogP contribution is 2.41. The number of carbonyl (C=O) groups excluding carboxylic acids is 1. The zero-order valence-corrected chi connectivity index (χ0v) is 11.1. The molecule has 0 aromatic carbocycles. The Morgan fingerprint density at radius 3 is 2.71 bits per heavy atom. The summed E-state index contributed by atoms with van der Waals surface area (Å²) in [5.74, 6) is 0.964. The van der Waals surface area contributed by atoms with Crippen LogP contribution in [0.5, 0.6) is 0 Å². The van der Waals surface area contributed by atoms with E-state index in [4.69, 9.17) is 0 Å². The lowest BCUT2D eigenvalue weighted by atomic mass is 9.82. The fourth-order valence-electron chi connectivity index (χ4n) is 3.32. The molecule has 2 rings (SSSR count). The SMILES string of the molecule is CCC1(C(=O)NC[C@H]2CCCNC2)CCCC1. The molecular formula is C14H26N2O. The summed E-state index contributed by atoms with van der Waals surface area (Å²) in [7, 11) is 0. The van der Waals surface area contributed by atoms with Crippen molar-refractivity contribution in [2.75, 3.05) is 19.6 Å². The first-order valence-electron chi connectivity index (χ1n) is 7.26. The molecule has 17 heavy (non-hydrogen) atoms. The van der Waals surface area contributed by atoms with Crippen LogP contribution in [0, 0.1) is 11.3 Å². The molecule has 0 unspecified atom stereocenters. The summed E-state index contributed by atoms with van der Waals surface area (Å²) in [5, 5.41) is 6.61. The Morgan fingerprint density at radius 2 is 2.12 bits per heavy atom. The molecule has 2 N–H and O–H groups in total. The molecule has 0 aromatic heterocycles. The van der Waals surface area contributed by atoms with E-state index in [1.54, 1.807) is 0 Å². The largest absolute Gasteiger partial charge is 0.355 e. The van der Waals surface area contributed by atoms with Gasteiger partial charge < -0.3 is 10.6 Å². The molecule has 1 saturated carbocycles. The van der Waals surface area contributed by atoms with Gasteiger partial charge in [-0.15, -0.1) is 0 Å². The van der Waals surface area contributed by atoms with Crippen molar-refractivity contribution in [3.8, 4) is 0 Å². The Kier molecular flexibility index (Phi) is 4.43. The summed E-state index contributed by atoms with van der Waals surface area (Å²) in [5.41, 5.74) is -0.0257. The molecule has 0 radical (unpaired) electrons. The first-order chi connectivity index (χ1) is 8.27. The van der Waals surface area contributed by atoms with Gasteiger partial charge in [0.1, 0.15) is 0 Å². The van der Waals surface area contributed by atoms with E-state index in [9.17, 15) is 4.79 Å².